The fraction of sp³-hybridized carbons (Fsp3) is 0.462. The summed E-state index contributed by atoms with van der Waals surface area (Å²) in [5, 5.41) is 2.63. The van der Waals surface area contributed by atoms with Crippen LogP contribution in [0.3, 0.4) is 0 Å². The molecule has 2 N–H and O–H groups in total. The van der Waals surface area contributed by atoms with Gasteiger partial charge < -0.3 is 10.1 Å². The first kappa shape index (κ1) is 16.5. The number of amides is 1. The molecule has 0 aliphatic heterocycles. The van der Waals surface area contributed by atoms with Crippen molar-refractivity contribution in [2.24, 2.45) is 0 Å². The highest BCUT2D eigenvalue weighted by atomic mass is 32.2. The Morgan fingerprint density at radius 2 is 1.80 bits per heavy atom. The average Bonchev–Trinajstić information content (AvgIpc) is 2.39. The Bertz CT molecular complexity index is 526. The zero-order valence-corrected chi connectivity index (χ0v) is 12.5. The van der Waals surface area contributed by atoms with Crippen LogP contribution in [0.2, 0.25) is 0 Å². The van der Waals surface area contributed by atoms with Crippen molar-refractivity contribution in [2.45, 2.75) is 19.8 Å². The van der Waals surface area contributed by atoms with E-state index in [1.807, 2.05) is 6.92 Å². The van der Waals surface area contributed by atoms with E-state index in [2.05, 4.69) is 10.0 Å². The summed E-state index contributed by atoms with van der Waals surface area (Å²) in [5.74, 6) is -0.153. The number of rotatable bonds is 8. The summed E-state index contributed by atoms with van der Waals surface area (Å²) in [6.45, 7) is 1.92. The molecule has 0 atom stereocenters. The molecule has 0 aliphatic carbocycles. The van der Waals surface area contributed by atoms with E-state index < -0.39 is 10.0 Å². The third-order valence-corrected chi connectivity index (χ3v) is 3.86. The van der Waals surface area contributed by atoms with E-state index >= 15 is 0 Å². The van der Waals surface area contributed by atoms with Gasteiger partial charge in [0.05, 0.1) is 5.75 Å². The molecule has 20 heavy (non-hydrogen) atoms. The van der Waals surface area contributed by atoms with Gasteiger partial charge in [0.25, 0.3) is 0 Å². The maximum Gasteiger partial charge on any atom is 0.250 e. The molecule has 0 unspecified atom stereocenters. The number of sulfonamides is 1. The molecule has 0 spiro atoms. The van der Waals surface area contributed by atoms with Crippen molar-refractivity contribution in [3.05, 3.63) is 24.3 Å². The molecule has 7 heteroatoms. The fourth-order valence-corrected chi connectivity index (χ4v) is 2.78. The lowest BCUT2D eigenvalue weighted by Crippen LogP contribution is -2.18. The van der Waals surface area contributed by atoms with Crippen molar-refractivity contribution in [3.8, 4) is 0 Å². The van der Waals surface area contributed by atoms with E-state index in [0.29, 0.717) is 17.8 Å². The first-order valence-corrected chi connectivity index (χ1v) is 8.01. The highest BCUT2D eigenvalue weighted by Crippen LogP contribution is 2.15. The second-order valence-corrected chi connectivity index (χ2v) is 6.17. The maximum absolute atomic E-state index is 11.7. The van der Waals surface area contributed by atoms with E-state index in [0.717, 1.165) is 6.42 Å². The Labute approximate surface area is 119 Å². The molecular weight excluding hydrogens is 280 g/mol. The lowest BCUT2D eigenvalue weighted by atomic mass is 10.3. The van der Waals surface area contributed by atoms with Gasteiger partial charge in [-0.1, -0.05) is 13.3 Å². The Hall–Kier alpha value is -1.60. The number of hydrogen-bond acceptors (Lipinski definition) is 4. The van der Waals surface area contributed by atoms with Crippen molar-refractivity contribution >= 4 is 27.3 Å². The molecule has 1 amide bonds. The van der Waals surface area contributed by atoms with E-state index in [9.17, 15) is 13.2 Å². The molecule has 0 aliphatic rings. The van der Waals surface area contributed by atoms with E-state index in [1.165, 1.54) is 7.11 Å². The molecule has 0 radical (unpaired) electrons. The summed E-state index contributed by atoms with van der Waals surface area (Å²) < 4.78 is 30.6. The molecule has 1 aromatic carbocycles. The zero-order chi connectivity index (χ0) is 15.0. The van der Waals surface area contributed by atoms with Crippen LogP contribution in [0.5, 0.6) is 0 Å². The van der Waals surface area contributed by atoms with Crippen LogP contribution in [0.25, 0.3) is 0 Å². The fourth-order valence-electron chi connectivity index (χ4n) is 1.51. The van der Waals surface area contributed by atoms with Crippen LogP contribution in [0.4, 0.5) is 11.4 Å². The van der Waals surface area contributed by atoms with E-state index in [4.69, 9.17) is 4.74 Å². The SMILES string of the molecule is CCCCS(=O)(=O)Nc1ccc(NC(=O)COC)cc1. The number of methoxy groups -OCH3 is 1. The number of hydrogen-bond donors (Lipinski definition) is 2. The predicted octanol–water partition coefficient (Wildman–Crippen LogP) is 1.81. The highest BCUT2D eigenvalue weighted by Gasteiger charge is 2.09. The van der Waals surface area contributed by atoms with Gasteiger partial charge in [-0.25, -0.2) is 8.42 Å². The molecular formula is C13H20N2O4S. The summed E-state index contributed by atoms with van der Waals surface area (Å²) in [4.78, 5) is 11.3. The molecule has 0 bridgehead atoms. The summed E-state index contributed by atoms with van der Waals surface area (Å²) in [6.07, 6.45) is 1.45. The lowest BCUT2D eigenvalue weighted by Gasteiger charge is -2.09. The van der Waals surface area contributed by atoms with Gasteiger partial charge in [-0.3, -0.25) is 9.52 Å². The molecule has 1 aromatic rings. The normalized spacial score (nSPS) is 11.1. The summed E-state index contributed by atoms with van der Waals surface area (Å²) in [6, 6.07) is 6.47. The van der Waals surface area contributed by atoms with Gasteiger partial charge in [-0.15, -0.1) is 0 Å². The second-order valence-electron chi connectivity index (χ2n) is 4.33. The first-order chi connectivity index (χ1) is 9.46. The quantitative estimate of drug-likeness (QED) is 0.767. The number of anilines is 2. The minimum Gasteiger partial charge on any atom is -0.375 e. The Morgan fingerprint density at radius 1 is 1.20 bits per heavy atom. The lowest BCUT2D eigenvalue weighted by molar-refractivity contribution is -0.119. The van der Waals surface area contributed by atoms with Crippen molar-refractivity contribution in [2.75, 3.05) is 29.5 Å². The summed E-state index contributed by atoms with van der Waals surface area (Å²) in [7, 11) is -1.86. The van der Waals surface area contributed by atoms with Crippen LogP contribution in [-0.4, -0.2) is 33.8 Å². The van der Waals surface area contributed by atoms with Crippen LogP contribution >= 0.6 is 0 Å². The number of benzene rings is 1. The van der Waals surface area contributed by atoms with Gasteiger partial charge in [-0.05, 0) is 30.7 Å². The minimum absolute atomic E-state index is 0.0224. The van der Waals surface area contributed by atoms with Crippen LogP contribution in [0.1, 0.15) is 19.8 Å². The highest BCUT2D eigenvalue weighted by molar-refractivity contribution is 7.92. The zero-order valence-electron chi connectivity index (χ0n) is 11.7. The van der Waals surface area contributed by atoms with E-state index in [1.54, 1.807) is 24.3 Å². The number of ether oxygens (including phenoxy) is 1. The third kappa shape index (κ3) is 6.03. The standard InChI is InChI=1S/C13H20N2O4S/c1-3-4-9-20(17,18)15-12-7-5-11(6-8-12)14-13(16)10-19-2/h5-8,15H,3-4,9-10H2,1-2H3,(H,14,16). The Kier molecular flexibility index (Phi) is 6.47. The maximum atomic E-state index is 11.7. The smallest absolute Gasteiger partial charge is 0.250 e. The topological polar surface area (TPSA) is 84.5 Å². The number of nitrogens with one attached hydrogen (secondary N) is 2. The molecule has 0 aromatic heterocycles. The largest absolute Gasteiger partial charge is 0.375 e. The monoisotopic (exact) mass is 300 g/mol. The van der Waals surface area contributed by atoms with Gasteiger partial charge in [-0.2, -0.15) is 0 Å². The Morgan fingerprint density at radius 3 is 2.35 bits per heavy atom. The van der Waals surface area contributed by atoms with Gasteiger partial charge in [0.2, 0.25) is 15.9 Å². The van der Waals surface area contributed by atoms with Crippen molar-refractivity contribution in [1.82, 2.24) is 0 Å². The first-order valence-electron chi connectivity index (χ1n) is 6.36. The number of unbranched alkanes of at least 4 members (excludes halogenated alkanes) is 1. The third-order valence-electron chi connectivity index (χ3n) is 2.48. The molecule has 0 saturated carbocycles. The Balaban J connectivity index is 2.60. The number of carbonyl (C=O) groups is 1. The van der Waals surface area contributed by atoms with E-state index in [-0.39, 0.29) is 18.3 Å². The molecule has 6 nitrogen and oxygen atoms in total. The molecule has 112 valence electrons. The van der Waals surface area contributed by atoms with Crippen LogP contribution in [0.15, 0.2) is 24.3 Å². The summed E-state index contributed by atoms with van der Waals surface area (Å²) >= 11 is 0. The van der Waals surface area contributed by atoms with Crippen LogP contribution in [0, 0.1) is 0 Å². The van der Waals surface area contributed by atoms with Gasteiger partial charge in [0, 0.05) is 18.5 Å². The average molecular weight is 300 g/mol. The molecule has 1 rings (SSSR count). The van der Waals surface area contributed by atoms with Gasteiger partial charge >= 0.3 is 0 Å². The van der Waals surface area contributed by atoms with Gasteiger partial charge in [0.15, 0.2) is 0 Å². The van der Waals surface area contributed by atoms with Crippen molar-refractivity contribution < 1.29 is 17.9 Å². The van der Waals surface area contributed by atoms with Crippen LogP contribution in [-0.2, 0) is 19.6 Å². The van der Waals surface area contributed by atoms with Crippen LogP contribution < -0.4 is 10.0 Å². The molecule has 0 saturated heterocycles. The van der Waals surface area contributed by atoms with Crippen molar-refractivity contribution in [1.29, 1.82) is 0 Å². The predicted molar refractivity (Wildman–Crippen MR) is 79.3 cm³/mol. The minimum atomic E-state index is -3.30. The van der Waals surface area contributed by atoms with Gasteiger partial charge in [0.1, 0.15) is 6.61 Å². The summed E-state index contributed by atoms with van der Waals surface area (Å²) in [5.41, 5.74) is 1.06. The molecule has 0 heterocycles. The second kappa shape index (κ2) is 7.86. The molecule has 0 fully saturated rings. The van der Waals surface area contributed by atoms with Crippen molar-refractivity contribution in [3.63, 3.8) is 0 Å². The number of carbonyl (C=O) groups excluding carboxylic acids is 1.